The molecule has 24 heavy (non-hydrogen) atoms. The summed E-state index contributed by atoms with van der Waals surface area (Å²) in [6.07, 6.45) is 1.46. The fourth-order valence-electron chi connectivity index (χ4n) is 1.84. The zero-order valence-electron chi connectivity index (χ0n) is 13.8. The van der Waals surface area contributed by atoms with Gasteiger partial charge in [-0.2, -0.15) is 0 Å². The molecule has 0 atom stereocenters. The molecule has 5 heteroatoms. The molecular formula is C19H26N2O2S. The molecule has 0 radical (unpaired) electrons. The molecule has 0 bridgehead atoms. The van der Waals surface area contributed by atoms with Crippen molar-refractivity contribution in [3.63, 3.8) is 0 Å². The number of anilines is 1. The summed E-state index contributed by atoms with van der Waals surface area (Å²) >= 11 is 1.44. The highest BCUT2D eigenvalue weighted by Crippen LogP contribution is 2.15. The number of hydrogen-bond acceptors (Lipinski definition) is 3. The van der Waals surface area contributed by atoms with E-state index in [-0.39, 0.29) is 18.4 Å². The van der Waals surface area contributed by atoms with E-state index >= 15 is 0 Å². The predicted molar refractivity (Wildman–Crippen MR) is 106 cm³/mol. The quantitative estimate of drug-likeness (QED) is 0.641. The fourth-order valence-corrected chi connectivity index (χ4v) is 2.59. The normalized spacial score (nSPS) is 8.83. The van der Waals surface area contributed by atoms with Crippen molar-refractivity contribution >= 4 is 33.1 Å². The Kier molecular flexibility index (Phi) is 10.1. The van der Waals surface area contributed by atoms with Crippen LogP contribution in [0.15, 0.2) is 52.8 Å². The SMILES string of the molecule is C.CC.CC.O=C(Nc1ccccc1)c1c[nH]c2sccc2c1=O. The van der Waals surface area contributed by atoms with Gasteiger partial charge in [-0.1, -0.05) is 53.3 Å². The van der Waals surface area contributed by atoms with Crippen LogP contribution in [0, 0.1) is 0 Å². The number of para-hydroxylation sites is 1. The monoisotopic (exact) mass is 346 g/mol. The molecule has 4 nitrogen and oxygen atoms in total. The molecular weight excluding hydrogens is 320 g/mol. The van der Waals surface area contributed by atoms with Crippen molar-refractivity contribution in [1.82, 2.24) is 4.98 Å². The number of carbonyl (C=O) groups is 1. The van der Waals surface area contributed by atoms with Crippen LogP contribution in [0.1, 0.15) is 45.5 Å². The molecule has 0 aliphatic carbocycles. The predicted octanol–water partition coefficient (Wildman–Crippen LogP) is 5.53. The molecule has 0 aliphatic heterocycles. The number of hydrogen-bond donors (Lipinski definition) is 2. The molecule has 0 aliphatic rings. The summed E-state index contributed by atoms with van der Waals surface area (Å²) in [6.45, 7) is 8.00. The van der Waals surface area contributed by atoms with Crippen LogP contribution in [0.4, 0.5) is 5.69 Å². The van der Waals surface area contributed by atoms with Crippen LogP contribution in [0.25, 0.3) is 10.2 Å². The number of pyridine rings is 1. The Balaban J connectivity index is 0.000000987. The minimum absolute atomic E-state index is 0. The second-order valence-corrected chi connectivity index (χ2v) is 4.93. The number of thiophene rings is 1. The first-order valence-corrected chi connectivity index (χ1v) is 8.59. The molecule has 0 spiro atoms. The van der Waals surface area contributed by atoms with Crippen LogP contribution in [0.3, 0.4) is 0 Å². The molecule has 3 aromatic rings. The van der Waals surface area contributed by atoms with E-state index in [9.17, 15) is 9.59 Å². The number of amides is 1. The largest absolute Gasteiger partial charge is 0.352 e. The van der Waals surface area contributed by atoms with Crippen molar-refractivity contribution in [1.29, 1.82) is 0 Å². The number of fused-ring (bicyclic) bond motifs is 1. The van der Waals surface area contributed by atoms with Gasteiger partial charge in [0.2, 0.25) is 5.43 Å². The average molecular weight is 346 g/mol. The Labute approximate surface area is 147 Å². The smallest absolute Gasteiger partial charge is 0.261 e. The summed E-state index contributed by atoms with van der Waals surface area (Å²) in [7, 11) is 0. The van der Waals surface area contributed by atoms with E-state index in [0.29, 0.717) is 11.1 Å². The van der Waals surface area contributed by atoms with Gasteiger partial charge in [-0.25, -0.2) is 0 Å². The lowest BCUT2D eigenvalue weighted by molar-refractivity contribution is 0.102. The van der Waals surface area contributed by atoms with Crippen molar-refractivity contribution in [3.05, 3.63) is 63.8 Å². The number of rotatable bonds is 2. The van der Waals surface area contributed by atoms with Gasteiger partial charge in [0.1, 0.15) is 10.4 Å². The van der Waals surface area contributed by atoms with Gasteiger partial charge in [0.25, 0.3) is 5.91 Å². The highest BCUT2D eigenvalue weighted by atomic mass is 32.1. The van der Waals surface area contributed by atoms with E-state index in [1.165, 1.54) is 17.5 Å². The van der Waals surface area contributed by atoms with Crippen LogP contribution in [-0.2, 0) is 0 Å². The summed E-state index contributed by atoms with van der Waals surface area (Å²) < 4.78 is 0. The van der Waals surface area contributed by atoms with Crippen molar-refractivity contribution in [3.8, 4) is 0 Å². The van der Waals surface area contributed by atoms with E-state index in [4.69, 9.17) is 0 Å². The standard InChI is InChI=1S/C14H10N2O2S.2C2H6.CH4/c17-12-10-6-7-19-14(10)15-8-11(12)13(18)16-9-4-2-1-3-5-9;2*1-2;/h1-8H,(H,15,17)(H,16,18);2*1-2H3;1H4. The molecule has 1 aromatic carbocycles. The molecule has 2 heterocycles. The first kappa shape index (κ1) is 21.6. The van der Waals surface area contributed by atoms with Crippen molar-refractivity contribution in [2.45, 2.75) is 35.1 Å². The Hall–Kier alpha value is -2.40. The minimum atomic E-state index is -0.402. The Morgan fingerprint density at radius 3 is 2.29 bits per heavy atom. The van der Waals surface area contributed by atoms with E-state index in [1.807, 2.05) is 51.3 Å². The van der Waals surface area contributed by atoms with Crippen LogP contribution in [-0.4, -0.2) is 10.9 Å². The molecule has 0 unspecified atom stereocenters. The molecule has 0 saturated carbocycles. The molecule has 0 fully saturated rings. The van der Waals surface area contributed by atoms with Gasteiger partial charge in [0.05, 0.1) is 5.39 Å². The highest BCUT2D eigenvalue weighted by Gasteiger charge is 2.13. The lowest BCUT2D eigenvalue weighted by Gasteiger charge is -2.04. The van der Waals surface area contributed by atoms with Gasteiger partial charge >= 0.3 is 0 Å². The van der Waals surface area contributed by atoms with Gasteiger partial charge in [-0.15, -0.1) is 11.3 Å². The maximum absolute atomic E-state index is 12.1. The molecule has 3 rings (SSSR count). The summed E-state index contributed by atoms with van der Waals surface area (Å²) in [5, 5.41) is 5.07. The lowest BCUT2D eigenvalue weighted by Crippen LogP contribution is -2.21. The molecule has 2 N–H and O–H groups in total. The van der Waals surface area contributed by atoms with Crippen molar-refractivity contribution in [2.75, 3.05) is 5.32 Å². The lowest BCUT2D eigenvalue weighted by atomic mass is 10.2. The number of aromatic amines is 1. The zero-order chi connectivity index (χ0) is 17.2. The maximum Gasteiger partial charge on any atom is 0.261 e. The van der Waals surface area contributed by atoms with Gasteiger partial charge < -0.3 is 10.3 Å². The zero-order valence-corrected chi connectivity index (χ0v) is 14.7. The van der Waals surface area contributed by atoms with Crippen LogP contribution in [0.5, 0.6) is 0 Å². The maximum atomic E-state index is 12.1. The Morgan fingerprint density at radius 2 is 1.67 bits per heavy atom. The third kappa shape index (κ3) is 5.06. The summed E-state index contributed by atoms with van der Waals surface area (Å²) in [6, 6.07) is 10.8. The van der Waals surface area contributed by atoms with E-state index < -0.39 is 5.91 Å². The van der Waals surface area contributed by atoms with Crippen molar-refractivity contribution < 1.29 is 4.79 Å². The number of nitrogens with one attached hydrogen (secondary N) is 2. The second-order valence-electron chi connectivity index (χ2n) is 4.02. The minimum Gasteiger partial charge on any atom is -0.352 e. The summed E-state index contributed by atoms with van der Waals surface area (Å²) in [4.78, 5) is 28.0. The third-order valence-corrected chi connectivity index (χ3v) is 3.62. The number of carbonyl (C=O) groups excluding carboxylic acids is 1. The van der Waals surface area contributed by atoms with Crippen LogP contribution in [0.2, 0.25) is 0 Å². The fraction of sp³-hybridized carbons (Fsp3) is 0.263. The Bertz CT molecular complexity index is 792. The average Bonchev–Trinajstić information content (AvgIpc) is 3.09. The third-order valence-electron chi connectivity index (χ3n) is 2.78. The van der Waals surface area contributed by atoms with Crippen LogP contribution >= 0.6 is 11.3 Å². The molecule has 0 saturated heterocycles. The van der Waals surface area contributed by atoms with E-state index in [0.717, 1.165) is 4.83 Å². The Morgan fingerprint density at radius 1 is 1.04 bits per heavy atom. The highest BCUT2D eigenvalue weighted by molar-refractivity contribution is 7.16. The number of aromatic nitrogens is 1. The van der Waals surface area contributed by atoms with Gasteiger partial charge in [0.15, 0.2) is 0 Å². The second kappa shape index (κ2) is 11.2. The number of H-pyrrole nitrogens is 1. The first-order chi connectivity index (χ1) is 11.3. The topological polar surface area (TPSA) is 62.0 Å². The van der Waals surface area contributed by atoms with E-state index in [2.05, 4.69) is 10.3 Å². The summed E-state index contributed by atoms with van der Waals surface area (Å²) in [5.74, 6) is -0.402. The number of benzene rings is 1. The summed E-state index contributed by atoms with van der Waals surface area (Å²) in [5.41, 5.74) is 0.537. The van der Waals surface area contributed by atoms with Gasteiger partial charge in [0, 0.05) is 11.9 Å². The van der Waals surface area contributed by atoms with Crippen molar-refractivity contribution in [2.24, 2.45) is 0 Å². The van der Waals surface area contributed by atoms with Crippen LogP contribution < -0.4 is 10.7 Å². The molecule has 2 aromatic heterocycles. The van der Waals surface area contributed by atoms with E-state index in [1.54, 1.807) is 18.2 Å². The van der Waals surface area contributed by atoms with Gasteiger partial charge in [-0.05, 0) is 23.6 Å². The molecule has 1 amide bonds. The van der Waals surface area contributed by atoms with Gasteiger partial charge in [-0.3, -0.25) is 9.59 Å². The first-order valence-electron chi connectivity index (χ1n) is 7.71. The molecule has 130 valence electrons.